The first-order chi connectivity index (χ1) is 8.09. The molecule has 0 saturated heterocycles. The summed E-state index contributed by atoms with van der Waals surface area (Å²) in [5.74, 6) is 0.652. The summed E-state index contributed by atoms with van der Waals surface area (Å²) in [6.07, 6.45) is 0.846. The molecule has 0 bridgehead atoms. The lowest BCUT2D eigenvalue weighted by Crippen LogP contribution is -2.46. The van der Waals surface area contributed by atoms with Crippen LogP contribution in [0.25, 0.3) is 0 Å². The lowest BCUT2D eigenvalue weighted by molar-refractivity contribution is 0.173. The van der Waals surface area contributed by atoms with Crippen LogP contribution in [0.2, 0.25) is 0 Å². The van der Waals surface area contributed by atoms with E-state index in [9.17, 15) is 9.50 Å². The van der Waals surface area contributed by atoms with Crippen molar-refractivity contribution in [3.05, 3.63) is 30.1 Å². The minimum absolute atomic E-state index is 0.116. The van der Waals surface area contributed by atoms with E-state index in [1.54, 1.807) is 17.8 Å². The van der Waals surface area contributed by atoms with E-state index in [0.717, 1.165) is 23.6 Å². The number of likely N-dealkylation sites (N-methyl/N-ethyl adjacent to an activating group) is 1. The van der Waals surface area contributed by atoms with Crippen LogP contribution in [0, 0.1) is 5.82 Å². The van der Waals surface area contributed by atoms with Gasteiger partial charge < -0.3 is 10.4 Å². The molecule has 0 radical (unpaired) electrons. The Labute approximate surface area is 107 Å². The zero-order chi connectivity index (χ0) is 12.7. The van der Waals surface area contributed by atoms with Gasteiger partial charge in [0.1, 0.15) is 5.82 Å². The Hall–Kier alpha value is -0.580. The van der Waals surface area contributed by atoms with Gasteiger partial charge in [-0.15, -0.1) is 11.8 Å². The molecule has 0 aliphatic carbocycles. The monoisotopic (exact) mass is 257 g/mol. The summed E-state index contributed by atoms with van der Waals surface area (Å²) >= 11 is 1.61. The van der Waals surface area contributed by atoms with Gasteiger partial charge in [0.05, 0.1) is 6.61 Å². The molecule has 17 heavy (non-hydrogen) atoms. The van der Waals surface area contributed by atoms with Gasteiger partial charge in [-0.2, -0.15) is 0 Å². The lowest BCUT2D eigenvalue weighted by Gasteiger charge is -2.28. The fraction of sp³-hybridized carbons (Fsp3) is 0.538. The number of nitrogens with one attached hydrogen (secondary N) is 1. The van der Waals surface area contributed by atoms with Crippen LogP contribution >= 0.6 is 11.8 Å². The topological polar surface area (TPSA) is 32.3 Å². The highest BCUT2D eigenvalue weighted by molar-refractivity contribution is 7.99. The standard InChI is InChI=1S/C13H20FNOS/c1-3-15-13(2,10-16)7-8-17-12-6-4-5-11(14)9-12/h4-6,9,15-16H,3,7-8,10H2,1-2H3. The van der Waals surface area contributed by atoms with Crippen molar-refractivity contribution in [2.24, 2.45) is 0 Å². The van der Waals surface area contributed by atoms with Crippen LogP contribution in [0.3, 0.4) is 0 Å². The van der Waals surface area contributed by atoms with E-state index < -0.39 is 0 Å². The fourth-order valence-electron chi connectivity index (χ4n) is 1.60. The molecule has 0 aliphatic heterocycles. The Balaban J connectivity index is 2.41. The fourth-order valence-corrected chi connectivity index (χ4v) is 2.76. The number of rotatable bonds is 7. The Kier molecular flexibility index (Phi) is 5.95. The predicted octanol–water partition coefficient (Wildman–Crippen LogP) is 2.67. The van der Waals surface area contributed by atoms with Crippen LogP contribution in [0.15, 0.2) is 29.2 Å². The molecule has 0 spiro atoms. The third kappa shape index (κ3) is 5.06. The second kappa shape index (κ2) is 6.99. The molecule has 2 nitrogen and oxygen atoms in total. The van der Waals surface area contributed by atoms with E-state index >= 15 is 0 Å². The molecule has 1 aromatic rings. The van der Waals surface area contributed by atoms with Crippen molar-refractivity contribution in [2.45, 2.75) is 30.7 Å². The largest absolute Gasteiger partial charge is 0.394 e. The van der Waals surface area contributed by atoms with Crippen molar-refractivity contribution in [3.8, 4) is 0 Å². The maximum absolute atomic E-state index is 12.9. The Morgan fingerprint density at radius 1 is 1.47 bits per heavy atom. The Bertz CT molecular complexity index is 348. The number of aliphatic hydroxyl groups is 1. The Morgan fingerprint density at radius 3 is 2.82 bits per heavy atom. The molecule has 0 aromatic heterocycles. The molecule has 1 aromatic carbocycles. The molecule has 0 amide bonds. The first-order valence-corrected chi connectivity index (χ1v) is 6.82. The highest BCUT2D eigenvalue weighted by Crippen LogP contribution is 2.22. The summed E-state index contributed by atoms with van der Waals surface area (Å²) in [4.78, 5) is 0.932. The quantitative estimate of drug-likeness (QED) is 0.737. The second-order valence-corrected chi connectivity index (χ2v) is 5.47. The SMILES string of the molecule is CCNC(C)(CO)CCSc1cccc(F)c1. The number of benzene rings is 1. The smallest absolute Gasteiger partial charge is 0.124 e. The third-order valence-electron chi connectivity index (χ3n) is 2.67. The van der Waals surface area contributed by atoms with E-state index in [1.807, 2.05) is 19.9 Å². The van der Waals surface area contributed by atoms with Crippen molar-refractivity contribution in [1.82, 2.24) is 5.32 Å². The summed E-state index contributed by atoms with van der Waals surface area (Å²) in [6.45, 7) is 4.97. The summed E-state index contributed by atoms with van der Waals surface area (Å²) in [5.41, 5.74) is -0.241. The van der Waals surface area contributed by atoms with Crippen molar-refractivity contribution < 1.29 is 9.50 Å². The van der Waals surface area contributed by atoms with Gasteiger partial charge in [0, 0.05) is 10.4 Å². The van der Waals surface area contributed by atoms with Gasteiger partial charge in [-0.05, 0) is 43.8 Å². The van der Waals surface area contributed by atoms with Crippen molar-refractivity contribution in [2.75, 3.05) is 18.9 Å². The van der Waals surface area contributed by atoms with Gasteiger partial charge in [-0.3, -0.25) is 0 Å². The second-order valence-electron chi connectivity index (χ2n) is 4.30. The minimum Gasteiger partial charge on any atom is -0.394 e. The zero-order valence-corrected chi connectivity index (χ0v) is 11.2. The van der Waals surface area contributed by atoms with E-state index in [4.69, 9.17) is 0 Å². The van der Waals surface area contributed by atoms with Crippen LogP contribution in [0.5, 0.6) is 0 Å². The van der Waals surface area contributed by atoms with Gasteiger partial charge in [-0.25, -0.2) is 4.39 Å². The maximum atomic E-state index is 12.9. The van der Waals surface area contributed by atoms with Crippen molar-refractivity contribution in [1.29, 1.82) is 0 Å². The maximum Gasteiger partial charge on any atom is 0.124 e. The van der Waals surface area contributed by atoms with E-state index in [2.05, 4.69) is 5.32 Å². The molecule has 1 atom stereocenters. The highest BCUT2D eigenvalue weighted by atomic mass is 32.2. The van der Waals surface area contributed by atoms with Gasteiger partial charge in [0.2, 0.25) is 0 Å². The number of hydrogen-bond donors (Lipinski definition) is 2. The molecular weight excluding hydrogens is 237 g/mol. The number of thioether (sulfide) groups is 1. The van der Waals surface area contributed by atoms with Crippen LogP contribution < -0.4 is 5.32 Å². The van der Waals surface area contributed by atoms with Crippen molar-refractivity contribution in [3.63, 3.8) is 0 Å². The van der Waals surface area contributed by atoms with Gasteiger partial charge in [0.25, 0.3) is 0 Å². The molecule has 0 aliphatic rings. The van der Waals surface area contributed by atoms with E-state index in [-0.39, 0.29) is 18.0 Å². The van der Waals surface area contributed by atoms with Crippen LogP contribution in [0.4, 0.5) is 4.39 Å². The zero-order valence-electron chi connectivity index (χ0n) is 10.4. The Morgan fingerprint density at radius 2 is 2.24 bits per heavy atom. The number of halogens is 1. The predicted molar refractivity (Wildman–Crippen MR) is 70.9 cm³/mol. The molecular formula is C13H20FNOS. The summed E-state index contributed by atoms with van der Waals surface area (Å²) < 4.78 is 12.9. The first-order valence-electron chi connectivity index (χ1n) is 5.84. The van der Waals surface area contributed by atoms with Gasteiger partial charge in [-0.1, -0.05) is 13.0 Å². The van der Waals surface area contributed by atoms with Crippen molar-refractivity contribution >= 4 is 11.8 Å². The molecule has 4 heteroatoms. The van der Waals surface area contributed by atoms with Crippen LogP contribution in [-0.2, 0) is 0 Å². The minimum atomic E-state index is -0.241. The summed E-state index contributed by atoms with van der Waals surface area (Å²) in [7, 11) is 0. The normalized spacial score (nSPS) is 14.6. The lowest BCUT2D eigenvalue weighted by atomic mass is 10.0. The molecule has 1 rings (SSSR count). The highest BCUT2D eigenvalue weighted by Gasteiger charge is 2.21. The van der Waals surface area contributed by atoms with E-state index in [1.165, 1.54) is 12.1 Å². The summed E-state index contributed by atoms with van der Waals surface area (Å²) in [5, 5.41) is 12.6. The van der Waals surface area contributed by atoms with Crippen LogP contribution in [0.1, 0.15) is 20.3 Å². The van der Waals surface area contributed by atoms with Crippen LogP contribution in [-0.4, -0.2) is 29.5 Å². The average Bonchev–Trinajstić information content (AvgIpc) is 2.29. The molecule has 0 heterocycles. The molecule has 0 fully saturated rings. The number of hydrogen-bond acceptors (Lipinski definition) is 3. The van der Waals surface area contributed by atoms with E-state index in [0.29, 0.717) is 0 Å². The molecule has 2 N–H and O–H groups in total. The van der Waals surface area contributed by atoms with Gasteiger partial charge in [0.15, 0.2) is 0 Å². The third-order valence-corrected chi connectivity index (χ3v) is 3.67. The molecule has 1 unspecified atom stereocenters. The average molecular weight is 257 g/mol. The molecule has 0 saturated carbocycles. The molecule has 96 valence electrons. The van der Waals surface area contributed by atoms with Gasteiger partial charge >= 0.3 is 0 Å². The number of aliphatic hydroxyl groups excluding tert-OH is 1. The first kappa shape index (κ1) is 14.5. The summed E-state index contributed by atoms with van der Waals surface area (Å²) in [6, 6.07) is 6.60.